The van der Waals surface area contributed by atoms with Crippen LogP contribution in [-0.2, 0) is 0 Å². The summed E-state index contributed by atoms with van der Waals surface area (Å²) in [5, 5.41) is 5.17. The van der Waals surface area contributed by atoms with Crippen molar-refractivity contribution in [3.8, 4) is 5.75 Å². The number of benzene rings is 1. The predicted octanol–water partition coefficient (Wildman–Crippen LogP) is 1.75. The van der Waals surface area contributed by atoms with Crippen molar-refractivity contribution in [2.24, 2.45) is 16.8 Å². The molecule has 0 bridgehead atoms. The van der Waals surface area contributed by atoms with Gasteiger partial charge in [0.05, 0.1) is 0 Å². The molecule has 1 aromatic heterocycles. The van der Waals surface area contributed by atoms with Gasteiger partial charge in [-0.05, 0) is 30.3 Å². The van der Waals surface area contributed by atoms with Crippen LogP contribution in [0.25, 0.3) is 11.0 Å². The van der Waals surface area contributed by atoms with Crippen molar-refractivity contribution in [3.05, 3.63) is 40.2 Å². The summed E-state index contributed by atoms with van der Waals surface area (Å²) in [6, 6.07) is 6.69. The Balaban J connectivity index is 2.15. The summed E-state index contributed by atoms with van der Waals surface area (Å²) in [5.74, 6) is 0.832. The Bertz CT molecular complexity index is 842. The van der Waals surface area contributed by atoms with E-state index in [9.17, 15) is 4.79 Å². The average molecular weight is 317 g/mol. The Morgan fingerprint density at radius 3 is 2.86 bits per heavy atom. The van der Waals surface area contributed by atoms with Crippen LogP contribution in [0.1, 0.15) is 19.4 Å². The second-order valence-corrected chi connectivity index (χ2v) is 5.84. The Kier molecular flexibility index (Phi) is 3.58. The molecule has 1 aliphatic heterocycles. The molecule has 0 spiro atoms. The first-order valence-corrected chi connectivity index (χ1v) is 7.24. The molecule has 0 radical (unpaired) electrons. The van der Waals surface area contributed by atoms with Crippen LogP contribution < -0.4 is 21.5 Å². The maximum Gasteiger partial charge on any atom is 0.336 e. The van der Waals surface area contributed by atoms with Gasteiger partial charge in [0.2, 0.25) is 0 Å². The lowest BCUT2D eigenvalue weighted by atomic mass is 9.98. The molecule has 1 aromatic carbocycles. The van der Waals surface area contributed by atoms with Crippen LogP contribution in [0.3, 0.4) is 0 Å². The second-order valence-electron chi connectivity index (χ2n) is 5.40. The molecule has 2 aromatic rings. The SMILES string of the molecule is CC(C)[C@@H]1Oc2cc3oc(=O)ccc3cc2/C1=N/NC(N)=S. The van der Waals surface area contributed by atoms with E-state index in [-0.39, 0.29) is 17.1 Å². The molecule has 0 saturated heterocycles. The van der Waals surface area contributed by atoms with Gasteiger partial charge in [0.15, 0.2) is 5.11 Å². The van der Waals surface area contributed by atoms with E-state index < -0.39 is 5.63 Å². The quantitative estimate of drug-likeness (QED) is 0.498. The Hall–Kier alpha value is -2.41. The molecule has 22 heavy (non-hydrogen) atoms. The van der Waals surface area contributed by atoms with E-state index in [1.54, 1.807) is 12.1 Å². The Morgan fingerprint density at radius 2 is 2.18 bits per heavy atom. The minimum absolute atomic E-state index is 0.0928. The van der Waals surface area contributed by atoms with E-state index in [2.05, 4.69) is 10.5 Å². The summed E-state index contributed by atoms with van der Waals surface area (Å²) in [7, 11) is 0. The third-order valence-corrected chi connectivity index (χ3v) is 3.50. The van der Waals surface area contributed by atoms with E-state index in [4.69, 9.17) is 27.1 Å². The van der Waals surface area contributed by atoms with Crippen molar-refractivity contribution in [3.63, 3.8) is 0 Å². The smallest absolute Gasteiger partial charge is 0.336 e. The van der Waals surface area contributed by atoms with E-state index in [1.165, 1.54) is 6.07 Å². The first-order valence-electron chi connectivity index (χ1n) is 6.83. The van der Waals surface area contributed by atoms with E-state index in [1.807, 2.05) is 19.9 Å². The van der Waals surface area contributed by atoms with Crippen LogP contribution in [0.15, 0.2) is 38.6 Å². The summed E-state index contributed by atoms with van der Waals surface area (Å²) in [6.07, 6.45) is -0.222. The van der Waals surface area contributed by atoms with Gasteiger partial charge in [-0.15, -0.1) is 0 Å². The molecule has 0 unspecified atom stereocenters. The van der Waals surface area contributed by atoms with Crippen LogP contribution in [0.4, 0.5) is 0 Å². The van der Waals surface area contributed by atoms with Crippen LogP contribution >= 0.6 is 12.2 Å². The summed E-state index contributed by atoms with van der Waals surface area (Å²) < 4.78 is 11.1. The van der Waals surface area contributed by atoms with E-state index >= 15 is 0 Å². The van der Waals surface area contributed by atoms with Gasteiger partial charge < -0.3 is 14.9 Å². The number of nitrogens with zero attached hydrogens (tertiary/aromatic N) is 1. The first-order chi connectivity index (χ1) is 10.5. The molecular weight excluding hydrogens is 302 g/mol. The normalized spacial score (nSPS) is 18.5. The van der Waals surface area contributed by atoms with Crippen molar-refractivity contribution >= 4 is 34.0 Å². The van der Waals surface area contributed by atoms with Gasteiger partial charge in [0.25, 0.3) is 0 Å². The summed E-state index contributed by atoms with van der Waals surface area (Å²) >= 11 is 4.79. The van der Waals surface area contributed by atoms with Crippen LogP contribution in [0, 0.1) is 5.92 Å². The third-order valence-electron chi connectivity index (χ3n) is 3.41. The summed E-state index contributed by atoms with van der Waals surface area (Å²) in [4.78, 5) is 11.3. The van der Waals surface area contributed by atoms with Gasteiger partial charge in [0.1, 0.15) is 23.1 Å². The zero-order chi connectivity index (χ0) is 15.9. The van der Waals surface area contributed by atoms with Crippen molar-refractivity contribution in [1.29, 1.82) is 0 Å². The van der Waals surface area contributed by atoms with Gasteiger partial charge in [-0.2, -0.15) is 5.10 Å². The molecule has 2 heterocycles. The van der Waals surface area contributed by atoms with Gasteiger partial charge >= 0.3 is 5.63 Å². The number of nitrogens with two attached hydrogens (primary N) is 1. The molecule has 1 aliphatic rings. The number of thiocarbonyl (C=S) groups is 1. The molecule has 0 saturated carbocycles. The topological polar surface area (TPSA) is 89.8 Å². The van der Waals surface area contributed by atoms with Gasteiger partial charge in [0, 0.05) is 23.1 Å². The summed E-state index contributed by atoms with van der Waals surface area (Å²) in [6.45, 7) is 4.07. The maximum absolute atomic E-state index is 11.3. The molecule has 7 heteroatoms. The van der Waals surface area contributed by atoms with Crippen molar-refractivity contribution in [2.45, 2.75) is 20.0 Å². The van der Waals surface area contributed by atoms with E-state index in [0.29, 0.717) is 11.3 Å². The second kappa shape index (κ2) is 5.42. The number of ether oxygens (including phenoxy) is 1. The highest BCUT2D eigenvalue weighted by Gasteiger charge is 2.33. The fourth-order valence-electron chi connectivity index (χ4n) is 2.43. The molecule has 114 valence electrons. The molecule has 6 nitrogen and oxygen atoms in total. The minimum Gasteiger partial charge on any atom is -0.483 e. The average Bonchev–Trinajstić information content (AvgIpc) is 2.80. The maximum atomic E-state index is 11.3. The van der Waals surface area contributed by atoms with E-state index in [0.717, 1.165) is 16.7 Å². The highest BCUT2D eigenvalue weighted by molar-refractivity contribution is 7.80. The lowest BCUT2D eigenvalue weighted by Crippen LogP contribution is -2.32. The highest BCUT2D eigenvalue weighted by atomic mass is 32.1. The fraction of sp³-hybridized carbons (Fsp3) is 0.267. The van der Waals surface area contributed by atoms with Crippen LogP contribution in [0.5, 0.6) is 5.75 Å². The highest BCUT2D eigenvalue weighted by Crippen LogP contribution is 2.35. The zero-order valence-corrected chi connectivity index (χ0v) is 12.9. The van der Waals surface area contributed by atoms with Crippen LogP contribution in [0.2, 0.25) is 0 Å². The van der Waals surface area contributed by atoms with Crippen LogP contribution in [-0.4, -0.2) is 16.9 Å². The standard InChI is InChI=1S/C15H15N3O3S/c1-7(2)14-13(17-18-15(16)22)9-5-8-3-4-12(19)20-10(8)6-11(9)21-14/h3-7,14H,1-2H3,(H3,16,18,22)/b17-13-/t14-/m0/s1. The molecule has 3 N–H and O–H groups in total. The van der Waals surface area contributed by atoms with Gasteiger partial charge in [-0.25, -0.2) is 4.79 Å². The largest absolute Gasteiger partial charge is 0.483 e. The number of hydrogen-bond donors (Lipinski definition) is 2. The zero-order valence-electron chi connectivity index (χ0n) is 12.1. The molecule has 0 aliphatic carbocycles. The summed E-state index contributed by atoms with van der Waals surface area (Å²) in [5.41, 5.74) is 9.71. The van der Waals surface area contributed by atoms with Crippen molar-refractivity contribution < 1.29 is 9.15 Å². The Labute approximate surface area is 131 Å². The van der Waals surface area contributed by atoms with Gasteiger partial charge in [-0.3, -0.25) is 5.43 Å². The number of hydrazone groups is 1. The molecular formula is C15H15N3O3S. The number of rotatable bonds is 2. The minimum atomic E-state index is -0.394. The Morgan fingerprint density at radius 1 is 1.41 bits per heavy atom. The molecule has 1 atom stereocenters. The number of hydrogen-bond acceptors (Lipinski definition) is 5. The molecule has 3 rings (SSSR count). The number of fused-ring (bicyclic) bond motifs is 2. The fourth-order valence-corrected chi connectivity index (χ4v) is 2.48. The third kappa shape index (κ3) is 2.55. The number of nitrogens with one attached hydrogen (secondary N) is 1. The lowest BCUT2D eigenvalue weighted by Gasteiger charge is -2.15. The van der Waals surface area contributed by atoms with Gasteiger partial charge in [-0.1, -0.05) is 13.8 Å². The predicted molar refractivity (Wildman–Crippen MR) is 88.2 cm³/mol. The molecule has 0 amide bonds. The monoisotopic (exact) mass is 317 g/mol. The van der Waals surface area contributed by atoms with Crippen molar-refractivity contribution in [1.82, 2.24) is 5.43 Å². The van der Waals surface area contributed by atoms with Crippen molar-refractivity contribution in [2.75, 3.05) is 0 Å². The molecule has 0 fully saturated rings. The first kappa shape index (κ1) is 14.5. The lowest BCUT2D eigenvalue weighted by molar-refractivity contribution is 0.229.